The number of ether oxygens (including phenoxy) is 1. The lowest BCUT2D eigenvalue weighted by molar-refractivity contribution is 0.0533. The van der Waals surface area contributed by atoms with Crippen LogP contribution in [0.5, 0.6) is 11.8 Å². The molecule has 1 aliphatic carbocycles. The Kier molecular flexibility index (Phi) is 8.05. The van der Waals surface area contributed by atoms with Crippen molar-refractivity contribution in [3.05, 3.63) is 75.0 Å². The summed E-state index contributed by atoms with van der Waals surface area (Å²) in [4.78, 5) is 31.3. The second-order valence-electron chi connectivity index (χ2n) is 16.2. The summed E-state index contributed by atoms with van der Waals surface area (Å²) in [6.07, 6.45) is 11.7. The fourth-order valence-corrected chi connectivity index (χ4v) is 10.9. The standard InChI is InChI=1S/C42H40F3N5O5/c1-3-26-30(44)10-8-22-14-25(51)16-29(34(22)26)38-36(45)39-35-31(46-38)7-4-6-27-28(15-24-9-11-32(27)50(24)19-33-21(2)54-41(52)55-33)37(35)47-40(48-39)53-20-42-12-5-13-49(42)18-23(43)17-42/h1,8,10,14,16,23-24,27-28,32,51H,4-7,9,11-13,15,17-20H2,2H3/t23-,24-,27+,28?,32+,42+/m1/s1. The molecule has 6 atom stereocenters. The Morgan fingerprint density at radius 3 is 2.80 bits per heavy atom. The molecule has 10 nitrogen and oxygen atoms in total. The van der Waals surface area contributed by atoms with Gasteiger partial charge in [-0.05, 0) is 94.3 Å². The van der Waals surface area contributed by atoms with Gasteiger partial charge in [0, 0.05) is 47.3 Å². The van der Waals surface area contributed by atoms with Crippen LogP contribution in [-0.4, -0.2) is 73.3 Å². The van der Waals surface area contributed by atoms with Crippen molar-refractivity contribution in [3.63, 3.8) is 0 Å². The molecular formula is C42H40F3N5O5. The van der Waals surface area contributed by atoms with E-state index >= 15 is 8.78 Å². The van der Waals surface area contributed by atoms with Crippen LogP contribution in [0.15, 0.2) is 37.9 Å². The van der Waals surface area contributed by atoms with Crippen molar-refractivity contribution in [1.29, 1.82) is 0 Å². The summed E-state index contributed by atoms with van der Waals surface area (Å²) in [5.41, 5.74) is 0.879. The Bertz CT molecular complexity index is 2500. The first-order chi connectivity index (χ1) is 26.6. The van der Waals surface area contributed by atoms with Crippen LogP contribution < -0.4 is 10.6 Å². The van der Waals surface area contributed by atoms with E-state index in [9.17, 15) is 14.3 Å². The minimum absolute atomic E-state index is 0.0223. The van der Waals surface area contributed by atoms with Gasteiger partial charge in [0.05, 0.1) is 29.0 Å². The lowest BCUT2D eigenvalue weighted by Crippen LogP contribution is -2.48. The lowest BCUT2D eigenvalue weighted by atomic mass is 9.73. The van der Waals surface area contributed by atoms with Crippen molar-refractivity contribution in [2.24, 2.45) is 5.92 Å². The summed E-state index contributed by atoms with van der Waals surface area (Å²) in [5.74, 6) is 1.27. The number of fused-ring (bicyclic) bond motifs is 7. The van der Waals surface area contributed by atoms with E-state index in [1.165, 1.54) is 24.3 Å². The SMILES string of the molecule is C#Cc1c(F)ccc2cc(O)cc(-c3nc4c5c(nc(OC[C@@]67CCCN6C[C@H](F)C7)nc5c3F)C3C[C@H]5CC[C@@H]([C@H]3CCC4)N5Cc3oc(=O)oc3C)c12. The van der Waals surface area contributed by atoms with Crippen LogP contribution in [0.25, 0.3) is 32.9 Å². The number of aromatic hydroxyl groups is 1. The summed E-state index contributed by atoms with van der Waals surface area (Å²) in [6, 6.07) is 5.89. The highest BCUT2D eigenvalue weighted by molar-refractivity contribution is 6.02. The van der Waals surface area contributed by atoms with Crippen LogP contribution >= 0.6 is 0 Å². The average Bonchev–Trinajstić information content (AvgIpc) is 3.87. The third-order valence-corrected chi connectivity index (χ3v) is 13.2. The number of benzene rings is 2. The second-order valence-corrected chi connectivity index (χ2v) is 16.2. The van der Waals surface area contributed by atoms with Gasteiger partial charge in [0.1, 0.15) is 41.3 Å². The van der Waals surface area contributed by atoms with E-state index in [0.29, 0.717) is 59.6 Å². The highest BCUT2D eigenvalue weighted by atomic mass is 19.1. The van der Waals surface area contributed by atoms with E-state index in [2.05, 4.69) is 15.7 Å². The minimum atomic E-state index is -0.946. The van der Waals surface area contributed by atoms with Gasteiger partial charge in [-0.1, -0.05) is 12.0 Å². The topological polar surface area (TPSA) is 118 Å². The van der Waals surface area contributed by atoms with Crippen molar-refractivity contribution in [2.75, 3.05) is 19.7 Å². The van der Waals surface area contributed by atoms with Crippen molar-refractivity contribution in [2.45, 2.75) is 101 Å². The maximum Gasteiger partial charge on any atom is 0.519 e. The average molecular weight is 752 g/mol. The Balaban J connectivity index is 1.13. The molecule has 2 aromatic carbocycles. The van der Waals surface area contributed by atoms with E-state index in [4.69, 9.17) is 34.9 Å². The normalized spacial score (nSPS) is 27.6. The molecule has 1 N–H and O–H groups in total. The number of halogens is 3. The molecule has 5 aromatic rings. The molecule has 4 saturated heterocycles. The number of pyridine rings is 1. The number of aromatic nitrogens is 3. The molecule has 55 heavy (non-hydrogen) atoms. The smallest absolute Gasteiger partial charge is 0.508 e. The molecule has 0 amide bonds. The number of nitrogens with zero attached hydrogens (tertiary/aromatic N) is 5. The molecule has 0 saturated carbocycles. The zero-order valence-electron chi connectivity index (χ0n) is 30.4. The Hall–Kier alpha value is -4.93. The summed E-state index contributed by atoms with van der Waals surface area (Å²) in [7, 11) is 0. The van der Waals surface area contributed by atoms with Crippen LogP contribution in [0.4, 0.5) is 13.2 Å². The van der Waals surface area contributed by atoms with Crippen LogP contribution in [0.3, 0.4) is 0 Å². The molecule has 10 rings (SSSR count). The first-order valence-electron chi connectivity index (χ1n) is 19.3. The first kappa shape index (κ1) is 34.6. The highest BCUT2D eigenvalue weighted by Crippen LogP contribution is 2.52. The molecule has 2 bridgehead atoms. The number of hydrogen-bond acceptors (Lipinski definition) is 10. The van der Waals surface area contributed by atoms with Crippen LogP contribution in [0.2, 0.25) is 0 Å². The van der Waals surface area contributed by atoms with E-state index in [-0.39, 0.29) is 70.0 Å². The lowest BCUT2D eigenvalue weighted by Gasteiger charge is -2.45. The molecule has 0 spiro atoms. The Labute approximate surface area is 314 Å². The molecule has 13 heteroatoms. The van der Waals surface area contributed by atoms with Gasteiger partial charge in [0.25, 0.3) is 0 Å². The molecule has 1 unspecified atom stereocenters. The number of terminal acetylenes is 1. The van der Waals surface area contributed by atoms with Crippen LogP contribution in [-0.2, 0) is 13.0 Å². The van der Waals surface area contributed by atoms with Gasteiger partial charge in [-0.3, -0.25) is 9.80 Å². The maximum atomic E-state index is 17.5. The second kappa shape index (κ2) is 12.8. The van der Waals surface area contributed by atoms with Gasteiger partial charge in [-0.15, -0.1) is 6.42 Å². The van der Waals surface area contributed by atoms with Crippen molar-refractivity contribution in [1.82, 2.24) is 24.8 Å². The molecular weight excluding hydrogens is 711 g/mol. The van der Waals surface area contributed by atoms with Gasteiger partial charge in [0.15, 0.2) is 11.6 Å². The minimum Gasteiger partial charge on any atom is -0.508 e. The number of alkyl halides is 1. The molecule has 4 fully saturated rings. The summed E-state index contributed by atoms with van der Waals surface area (Å²) < 4.78 is 64.4. The Morgan fingerprint density at radius 2 is 1.98 bits per heavy atom. The number of piperidine rings is 1. The molecule has 4 aliphatic heterocycles. The predicted octanol–water partition coefficient (Wildman–Crippen LogP) is 7.09. The first-order valence-corrected chi connectivity index (χ1v) is 19.3. The van der Waals surface area contributed by atoms with Crippen LogP contribution in [0, 0.1) is 36.8 Å². The number of hydrogen-bond donors (Lipinski definition) is 1. The van der Waals surface area contributed by atoms with E-state index in [0.717, 1.165) is 51.5 Å². The number of phenolic OH excluding ortho intramolecular Hbond substituents is 1. The number of rotatable bonds is 6. The zero-order chi connectivity index (χ0) is 37.7. The quantitative estimate of drug-likeness (QED) is 0.180. The van der Waals surface area contributed by atoms with Crippen LogP contribution in [0.1, 0.15) is 85.8 Å². The van der Waals surface area contributed by atoms with Gasteiger partial charge in [0.2, 0.25) is 0 Å². The zero-order valence-corrected chi connectivity index (χ0v) is 30.4. The third kappa shape index (κ3) is 5.46. The summed E-state index contributed by atoms with van der Waals surface area (Å²) in [5, 5.41) is 12.1. The third-order valence-electron chi connectivity index (χ3n) is 13.2. The fourth-order valence-electron chi connectivity index (χ4n) is 10.9. The van der Waals surface area contributed by atoms with E-state index in [1.54, 1.807) is 6.92 Å². The highest BCUT2D eigenvalue weighted by Gasteiger charge is 2.51. The van der Waals surface area contributed by atoms with Gasteiger partial charge >= 0.3 is 11.8 Å². The van der Waals surface area contributed by atoms with E-state index in [1.807, 2.05) is 0 Å². The Morgan fingerprint density at radius 1 is 1.11 bits per heavy atom. The summed E-state index contributed by atoms with van der Waals surface area (Å²) in [6.45, 7) is 3.54. The predicted molar refractivity (Wildman–Crippen MR) is 196 cm³/mol. The molecule has 3 aromatic heterocycles. The van der Waals surface area contributed by atoms with Gasteiger partial charge in [-0.25, -0.2) is 22.9 Å². The maximum absolute atomic E-state index is 17.5. The van der Waals surface area contributed by atoms with Crippen molar-refractivity contribution in [3.8, 4) is 35.4 Å². The molecule has 284 valence electrons. The molecule has 5 aliphatic rings. The molecule has 7 heterocycles. The van der Waals surface area contributed by atoms with Crippen molar-refractivity contribution >= 4 is 21.7 Å². The largest absolute Gasteiger partial charge is 0.519 e. The van der Waals surface area contributed by atoms with E-state index < -0.39 is 29.2 Å². The van der Waals surface area contributed by atoms with Gasteiger partial charge in [-0.2, -0.15) is 9.97 Å². The van der Waals surface area contributed by atoms with Crippen molar-refractivity contribution < 1.29 is 31.8 Å². The van der Waals surface area contributed by atoms with Gasteiger partial charge < -0.3 is 18.7 Å². The monoisotopic (exact) mass is 751 g/mol. The fraction of sp³-hybridized carbons (Fsp3) is 0.476. The number of phenols is 1. The number of aryl methyl sites for hydroxylation is 2. The molecule has 0 radical (unpaired) electrons. The summed E-state index contributed by atoms with van der Waals surface area (Å²) >= 11 is 0.